The first-order valence-corrected chi connectivity index (χ1v) is 5.44. The van der Waals surface area contributed by atoms with Crippen LogP contribution in [0.3, 0.4) is 0 Å². The van der Waals surface area contributed by atoms with E-state index in [9.17, 15) is 0 Å². The van der Waals surface area contributed by atoms with Gasteiger partial charge >= 0.3 is 0 Å². The molecule has 2 rings (SSSR count). The summed E-state index contributed by atoms with van der Waals surface area (Å²) >= 11 is 0. The molecule has 1 atom stereocenters. The Bertz CT molecular complexity index is 480. The minimum Gasteiger partial charge on any atom is -0.324 e. The molecule has 1 aromatic heterocycles. The lowest BCUT2D eigenvalue weighted by molar-refractivity contribution is 0.740. The Hall–Kier alpha value is -1.61. The summed E-state index contributed by atoms with van der Waals surface area (Å²) < 4.78 is 1.88. The van der Waals surface area contributed by atoms with E-state index in [1.165, 1.54) is 16.8 Å². The molecule has 2 N–H and O–H groups in total. The summed E-state index contributed by atoms with van der Waals surface area (Å²) in [5.41, 5.74) is 10.5. The summed E-state index contributed by atoms with van der Waals surface area (Å²) in [4.78, 5) is 0. The highest BCUT2D eigenvalue weighted by Crippen LogP contribution is 2.23. The summed E-state index contributed by atoms with van der Waals surface area (Å²) in [5.74, 6) is 0. The van der Waals surface area contributed by atoms with Crippen LogP contribution in [-0.4, -0.2) is 9.78 Å². The van der Waals surface area contributed by atoms with Crippen molar-refractivity contribution in [2.24, 2.45) is 12.8 Å². The van der Waals surface area contributed by atoms with Crippen LogP contribution in [0.15, 0.2) is 30.5 Å². The van der Waals surface area contributed by atoms with Crippen LogP contribution in [0, 0.1) is 6.92 Å². The van der Waals surface area contributed by atoms with E-state index in [4.69, 9.17) is 5.73 Å². The molecule has 0 aliphatic heterocycles. The molecule has 1 unspecified atom stereocenters. The fraction of sp³-hybridized carbons (Fsp3) is 0.308. The standard InChI is InChI=1S/C13H17N3/c1-9(14)11-4-6-12(7-5-11)13-8-15-16(3)10(13)2/h4-9H,14H2,1-3H3. The van der Waals surface area contributed by atoms with Crippen LogP contribution < -0.4 is 5.73 Å². The Balaban J connectivity index is 2.38. The van der Waals surface area contributed by atoms with Gasteiger partial charge in [0.2, 0.25) is 0 Å². The Morgan fingerprint density at radius 3 is 2.31 bits per heavy atom. The van der Waals surface area contributed by atoms with Gasteiger partial charge in [-0.2, -0.15) is 5.10 Å². The van der Waals surface area contributed by atoms with E-state index in [0.717, 1.165) is 5.56 Å². The number of hydrogen-bond acceptors (Lipinski definition) is 2. The maximum Gasteiger partial charge on any atom is 0.0571 e. The van der Waals surface area contributed by atoms with E-state index in [1.54, 1.807) is 0 Å². The van der Waals surface area contributed by atoms with Crippen molar-refractivity contribution in [3.05, 3.63) is 41.7 Å². The number of hydrogen-bond donors (Lipinski definition) is 1. The number of benzene rings is 1. The van der Waals surface area contributed by atoms with Crippen LogP contribution in [0.2, 0.25) is 0 Å². The normalized spacial score (nSPS) is 12.8. The predicted octanol–water partition coefficient (Wildman–Crippen LogP) is 2.42. The molecule has 84 valence electrons. The third kappa shape index (κ3) is 1.86. The molecule has 0 fully saturated rings. The van der Waals surface area contributed by atoms with Gasteiger partial charge in [0.25, 0.3) is 0 Å². The van der Waals surface area contributed by atoms with Gasteiger partial charge in [-0.1, -0.05) is 24.3 Å². The summed E-state index contributed by atoms with van der Waals surface area (Å²) in [6.45, 7) is 4.06. The molecular weight excluding hydrogens is 198 g/mol. The first-order valence-electron chi connectivity index (χ1n) is 5.44. The van der Waals surface area contributed by atoms with E-state index in [-0.39, 0.29) is 6.04 Å². The highest BCUT2D eigenvalue weighted by atomic mass is 15.3. The Morgan fingerprint density at radius 2 is 1.88 bits per heavy atom. The Morgan fingerprint density at radius 1 is 1.25 bits per heavy atom. The number of nitrogens with two attached hydrogens (primary N) is 1. The third-order valence-corrected chi connectivity index (χ3v) is 2.98. The Kier molecular flexibility index (Phi) is 2.79. The zero-order valence-electron chi connectivity index (χ0n) is 9.94. The van der Waals surface area contributed by atoms with E-state index in [0.29, 0.717) is 0 Å². The first kappa shape index (κ1) is 10.9. The smallest absolute Gasteiger partial charge is 0.0571 e. The van der Waals surface area contributed by atoms with Crippen molar-refractivity contribution in [1.29, 1.82) is 0 Å². The van der Waals surface area contributed by atoms with Gasteiger partial charge in [0.1, 0.15) is 0 Å². The lowest BCUT2D eigenvalue weighted by Crippen LogP contribution is -2.04. The molecule has 3 nitrogen and oxygen atoms in total. The van der Waals surface area contributed by atoms with Crippen LogP contribution >= 0.6 is 0 Å². The molecule has 0 bridgehead atoms. The van der Waals surface area contributed by atoms with E-state index >= 15 is 0 Å². The second-order valence-electron chi connectivity index (χ2n) is 4.18. The van der Waals surface area contributed by atoms with Crippen LogP contribution in [0.1, 0.15) is 24.2 Å². The third-order valence-electron chi connectivity index (χ3n) is 2.98. The SMILES string of the molecule is Cc1c(-c2ccc(C(C)N)cc2)cnn1C. The molecule has 16 heavy (non-hydrogen) atoms. The second-order valence-corrected chi connectivity index (χ2v) is 4.18. The highest BCUT2D eigenvalue weighted by Gasteiger charge is 2.06. The maximum absolute atomic E-state index is 5.82. The minimum absolute atomic E-state index is 0.0871. The fourth-order valence-electron chi connectivity index (χ4n) is 1.75. The lowest BCUT2D eigenvalue weighted by Gasteiger charge is -2.06. The minimum atomic E-state index is 0.0871. The molecule has 0 saturated heterocycles. The second kappa shape index (κ2) is 4.10. The van der Waals surface area contributed by atoms with Crippen LogP contribution in [0.25, 0.3) is 11.1 Å². The number of aromatic nitrogens is 2. The van der Waals surface area contributed by atoms with Gasteiger partial charge in [-0.25, -0.2) is 0 Å². The first-order chi connectivity index (χ1) is 7.59. The summed E-state index contributed by atoms with van der Waals surface area (Å²) in [5, 5.41) is 4.24. The van der Waals surface area contributed by atoms with Crippen molar-refractivity contribution in [2.75, 3.05) is 0 Å². The monoisotopic (exact) mass is 215 g/mol. The topological polar surface area (TPSA) is 43.8 Å². The Labute approximate surface area is 95.9 Å². The summed E-state index contributed by atoms with van der Waals surface area (Å²) in [6.07, 6.45) is 1.90. The largest absolute Gasteiger partial charge is 0.324 e. The molecule has 0 spiro atoms. The zero-order chi connectivity index (χ0) is 11.7. The molecule has 0 saturated carbocycles. The van der Waals surface area contributed by atoms with Gasteiger partial charge in [-0.05, 0) is 25.0 Å². The maximum atomic E-state index is 5.82. The van der Waals surface area contributed by atoms with Crippen LogP contribution in [-0.2, 0) is 7.05 Å². The van der Waals surface area contributed by atoms with Crippen LogP contribution in [0.5, 0.6) is 0 Å². The number of aryl methyl sites for hydroxylation is 1. The van der Waals surface area contributed by atoms with Crippen molar-refractivity contribution < 1.29 is 0 Å². The van der Waals surface area contributed by atoms with Gasteiger partial charge in [-0.15, -0.1) is 0 Å². The quantitative estimate of drug-likeness (QED) is 0.836. The molecule has 0 amide bonds. The average Bonchev–Trinajstić information content (AvgIpc) is 2.60. The number of rotatable bonds is 2. The van der Waals surface area contributed by atoms with Crippen molar-refractivity contribution >= 4 is 0 Å². The zero-order valence-corrected chi connectivity index (χ0v) is 9.94. The van der Waals surface area contributed by atoms with Gasteiger partial charge in [0, 0.05) is 24.3 Å². The van der Waals surface area contributed by atoms with Gasteiger partial charge in [0.15, 0.2) is 0 Å². The van der Waals surface area contributed by atoms with Gasteiger partial charge < -0.3 is 5.73 Å². The lowest BCUT2D eigenvalue weighted by atomic mass is 10.0. The van der Waals surface area contributed by atoms with Crippen molar-refractivity contribution in [3.8, 4) is 11.1 Å². The highest BCUT2D eigenvalue weighted by molar-refractivity contribution is 5.65. The molecule has 0 aliphatic carbocycles. The van der Waals surface area contributed by atoms with E-state index in [1.807, 2.05) is 24.9 Å². The summed E-state index contributed by atoms with van der Waals surface area (Å²) in [7, 11) is 1.95. The van der Waals surface area contributed by atoms with E-state index < -0.39 is 0 Å². The van der Waals surface area contributed by atoms with E-state index in [2.05, 4.69) is 36.3 Å². The average molecular weight is 215 g/mol. The molecule has 1 aromatic carbocycles. The van der Waals surface area contributed by atoms with Crippen molar-refractivity contribution in [1.82, 2.24) is 9.78 Å². The van der Waals surface area contributed by atoms with Crippen LogP contribution in [0.4, 0.5) is 0 Å². The molecule has 3 heteroatoms. The van der Waals surface area contributed by atoms with Crippen molar-refractivity contribution in [3.63, 3.8) is 0 Å². The fourth-order valence-corrected chi connectivity index (χ4v) is 1.75. The molecule has 2 aromatic rings. The molecule has 1 heterocycles. The van der Waals surface area contributed by atoms with Gasteiger partial charge in [0.05, 0.1) is 6.20 Å². The summed E-state index contributed by atoms with van der Waals surface area (Å²) in [6, 6.07) is 8.44. The van der Waals surface area contributed by atoms with Gasteiger partial charge in [-0.3, -0.25) is 4.68 Å². The number of nitrogens with zero attached hydrogens (tertiary/aromatic N) is 2. The van der Waals surface area contributed by atoms with Crippen molar-refractivity contribution in [2.45, 2.75) is 19.9 Å². The predicted molar refractivity (Wildman–Crippen MR) is 66.0 cm³/mol. The molecular formula is C13H17N3. The molecule has 0 aliphatic rings. The molecule has 0 radical (unpaired) electrons.